The Morgan fingerprint density at radius 2 is 1.86 bits per heavy atom. The van der Waals surface area contributed by atoms with Crippen molar-refractivity contribution in [3.05, 3.63) is 56.0 Å². The third-order valence-electron chi connectivity index (χ3n) is 8.93. The molecular formula is C29H37N3O5. The quantitative estimate of drug-likeness (QED) is 0.681. The summed E-state index contributed by atoms with van der Waals surface area (Å²) in [6.45, 7) is 9.26. The van der Waals surface area contributed by atoms with Gasteiger partial charge in [-0.3, -0.25) is 9.59 Å². The van der Waals surface area contributed by atoms with Crippen LogP contribution in [0.4, 0.5) is 0 Å². The maximum atomic E-state index is 13.9. The largest absolute Gasteiger partial charge is 0.446 e. The standard InChI is InChI=1S/C29H37N3O5/c1-16-11-17(2)30-26(33)20(16)13-32-15-29(9-10-29)21-12-22-25(18(3)24(21)27(32)34)37-28(4,36-22)23-8-7-19(14-35-23)31(5)6/h11-12,19,23H,7-10,13-15H2,1-6H3,(H,30,33)/t19-,23+,28-/m1/s1. The molecule has 1 aliphatic carbocycles. The number of carbonyl (C=O) groups is 1. The van der Waals surface area contributed by atoms with Gasteiger partial charge in [0.1, 0.15) is 6.10 Å². The summed E-state index contributed by atoms with van der Waals surface area (Å²) in [6, 6.07) is 4.39. The summed E-state index contributed by atoms with van der Waals surface area (Å²) in [5.74, 6) is 0.359. The number of fused-ring (bicyclic) bond motifs is 3. The second-order valence-corrected chi connectivity index (χ2v) is 11.9. The van der Waals surface area contributed by atoms with Gasteiger partial charge in [-0.2, -0.15) is 0 Å². The zero-order valence-electron chi connectivity index (χ0n) is 22.7. The number of nitrogens with one attached hydrogen (secondary N) is 1. The van der Waals surface area contributed by atoms with E-state index in [2.05, 4.69) is 24.0 Å². The number of pyridine rings is 1. The number of likely N-dealkylation sites (N-methyl/N-ethyl adjacent to an activating group) is 1. The fourth-order valence-electron chi connectivity index (χ4n) is 6.45. The molecule has 37 heavy (non-hydrogen) atoms. The van der Waals surface area contributed by atoms with Gasteiger partial charge in [-0.05, 0) is 83.8 Å². The van der Waals surface area contributed by atoms with Crippen molar-refractivity contribution < 1.29 is 19.0 Å². The first-order valence-corrected chi connectivity index (χ1v) is 13.3. The number of hydrogen-bond donors (Lipinski definition) is 1. The van der Waals surface area contributed by atoms with E-state index in [9.17, 15) is 9.59 Å². The molecule has 0 bridgehead atoms. The third-order valence-corrected chi connectivity index (χ3v) is 8.93. The van der Waals surface area contributed by atoms with Gasteiger partial charge in [0.2, 0.25) is 0 Å². The van der Waals surface area contributed by atoms with Crippen LogP contribution in [0.15, 0.2) is 16.9 Å². The van der Waals surface area contributed by atoms with Gasteiger partial charge in [-0.1, -0.05) is 0 Å². The van der Waals surface area contributed by atoms with E-state index in [1.54, 1.807) is 0 Å². The number of ether oxygens (including phenoxy) is 3. The molecule has 2 aromatic rings. The van der Waals surface area contributed by atoms with Gasteiger partial charge in [-0.25, -0.2) is 0 Å². The van der Waals surface area contributed by atoms with Crippen molar-refractivity contribution in [3.63, 3.8) is 0 Å². The van der Waals surface area contributed by atoms with Gasteiger partial charge in [0.25, 0.3) is 17.3 Å². The molecule has 6 rings (SSSR count). The van der Waals surface area contributed by atoms with Crippen molar-refractivity contribution in [2.24, 2.45) is 0 Å². The highest BCUT2D eigenvalue weighted by atomic mass is 16.8. The minimum absolute atomic E-state index is 0.0489. The smallest absolute Gasteiger partial charge is 0.274 e. The van der Waals surface area contributed by atoms with Crippen LogP contribution < -0.4 is 15.0 Å². The molecule has 1 spiro atoms. The number of aryl methyl sites for hydroxylation is 2. The molecule has 4 aliphatic rings. The maximum Gasteiger partial charge on any atom is 0.274 e. The minimum atomic E-state index is -0.930. The van der Waals surface area contributed by atoms with Crippen LogP contribution in [0.1, 0.15) is 70.9 Å². The van der Waals surface area contributed by atoms with Crippen LogP contribution in [0.5, 0.6) is 11.5 Å². The highest BCUT2D eigenvalue weighted by molar-refractivity contribution is 6.00. The highest BCUT2D eigenvalue weighted by Gasteiger charge is 2.55. The van der Waals surface area contributed by atoms with E-state index in [4.69, 9.17) is 14.2 Å². The van der Waals surface area contributed by atoms with Crippen LogP contribution in [-0.2, 0) is 16.7 Å². The van der Waals surface area contributed by atoms with E-state index >= 15 is 0 Å². The lowest BCUT2D eigenvalue weighted by molar-refractivity contribution is -0.190. The predicted molar refractivity (Wildman–Crippen MR) is 139 cm³/mol. The summed E-state index contributed by atoms with van der Waals surface area (Å²) in [5.41, 5.74) is 4.75. The minimum Gasteiger partial charge on any atom is -0.446 e. The van der Waals surface area contributed by atoms with Crippen molar-refractivity contribution >= 4 is 5.91 Å². The Bertz CT molecular complexity index is 1340. The average molecular weight is 508 g/mol. The number of hydrogen-bond acceptors (Lipinski definition) is 6. The lowest BCUT2D eigenvalue weighted by Gasteiger charge is -2.38. The van der Waals surface area contributed by atoms with E-state index in [0.717, 1.165) is 48.1 Å². The second kappa shape index (κ2) is 8.33. The van der Waals surface area contributed by atoms with Crippen molar-refractivity contribution in [2.75, 3.05) is 27.2 Å². The van der Waals surface area contributed by atoms with Gasteiger partial charge in [-0.15, -0.1) is 0 Å². The van der Waals surface area contributed by atoms with E-state index in [-0.39, 0.29) is 23.0 Å². The molecule has 1 aromatic carbocycles. The summed E-state index contributed by atoms with van der Waals surface area (Å²) in [6.07, 6.45) is 3.70. The van der Waals surface area contributed by atoms with Crippen LogP contribution in [0.3, 0.4) is 0 Å². The number of nitrogens with zero attached hydrogens (tertiary/aromatic N) is 2. The number of aromatic nitrogens is 1. The van der Waals surface area contributed by atoms with Crippen LogP contribution >= 0.6 is 0 Å². The van der Waals surface area contributed by atoms with Crippen LogP contribution in [0.2, 0.25) is 0 Å². The highest BCUT2D eigenvalue weighted by Crippen LogP contribution is 2.57. The van der Waals surface area contributed by atoms with E-state index < -0.39 is 5.79 Å². The number of benzene rings is 1. The Morgan fingerprint density at radius 3 is 2.49 bits per heavy atom. The fourth-order valence-corrected chi connectivity index (χ4v) is 6.45. The SMILES string of the molecule is Cc1cc(C)c(CN2CC3(CC3)c3cc4c(c(C)c3C2=O)O[C@](C)([C@@H]2CC[C@@H](N(C)C)CO2)O4)c(=O)[nH]1. The Kier molecular flexibility index (Phi) is 5.52. The molecule has 1 amide bonds. The fraction of sp³-hybridized carbons (Fsp3) is 0.586. The molecule has 1 saturated carbocycles. The number of rotatable bonds is 4. The number of aromatic amines is 1. The van der Waals surface area contributed by atoms with Gasteiger partial charge in [0, 0.05) is 41.7 Å². The van der Waals surface area contributed by atoms with Crippen LogP contribution in [-0.4, -0.2) is 65.9 Å². The molecule has 1 N–H and O–H groups in total. The Morgan fingerprint density at radius 1 is 1.11 bits per heavy atom. The van der Waals surface area contributed by atoms with Crippen LogP contribution in [0, 0.1) is 20.8 Å². The molecule has 1 saturated heterocycles. The predicted octanol–water partition coefficient (Wildman–Crippen LogP) is 3.58. The van der Waals surface area contributed by atoms with Crippen molar-refractivity contribution in [1.82, 2.24) is 14.8 Å². The molecule has 198 valence electrons. The van der Waals surface area contributed by atoms with Gasteiger partial charge >= 0.3 is 0 Å². The number of H-pyrrole nitrogens is 1. The molecular weight excluding hydrogens is 470 g/mol. The average Bonchev–Trinajstić information content (AvgIpc) is 3.52. The summed E-state index contributed by atoms with van der Waals surface area (Å²) in [5, 5.41) is 0. The zero-order valence-corrected chi connectivity index (χ0v) is 22.7. The van der Waals surface area contributed by atoms with Gasteiger partial charge in [0.15, 0.2) is 11.5 Å². The summed E-state index contributed by atoms with van der Waals surface area (Å²) in [7, 11) is 4.15. The Balaban J connectivity index is 1.31. The summed E-state index contributed by atoms with van der Waals surface area (Å²) < 4.78 is 19.2. The number of amides is 1. The number of carbonyl (C=O) groups excluding carboxylic acids is 1. The van der Waals surface area contributed by atoms with Gasteiger partial charge in [0.05, 0.1) is 18.7 Å². The first kappa shape index (κ1) is 24.5. The Labute approximate surface area is 217 Å². The lowest BCUT2D eigenvalue weighted by atomic mass is 9.83. The molecule has 3 atom stereocenters. The first-order chi connectivity index (χ1) is 17.5. The van der Waals surface area contributed by atoms with E-state index in [1.807, 2.05) is 44.7 Å². The van der Waals surface area contributed by atoms with Gasteiger partial charge < -0.3 is 29.0 Å². The molecule has 1 aromatic heterocycles. The lowest BCUT2D eigenvalue weighted by Crippen LogP contribution is -2.53. The third kappa shape index (κ3) is 3.87. The Hall–Kier alpha value is -2.84. The maximum absolute atomic E-state index is 13.9. The molecule has 2 fully saturated rings. The molecule has 4 heterocycles. The molecule has 8 nitrogen and oxygen atoms in total. The molecule has 3 aliphatic heterocycles. The monoisotopic (exact) mass is 507 g/mol. The normalized spacial score (nSPS) is 27.6. The topological polar surface area (TPSA) is 84.1 Å². The first-order valence-electron chi connectivity index (χ1n) is 13.3. The zero-order chi connectivity index (χ0) is 26.3. The molecule has 0 unspecified atom stereocenters. The van der Waals surface area contributed by atoms with E-state index in [0.29, 0.717) is 48.4 Å². The molecule has 0 radical (unpaired) electrons. The van der Waals surface area contributed by atoms with Crippen LogP contribution in [0.25, 0.3) is 0 Å². The van der Waals surface area contributed by atoms with Crippen molar-refractivity contribution in [2.45, 2.75) is 83.3 Å². The van der Waals surface area contributed by atoms with Crippen molar-refractivity contribution in [1.29, 1.82) is 0 Å². The summed E-state index contributed by atoms with van der Waals surface area (Å²) in [4.78, 5) is 33.6. The van der Waals surface area contributed by atoms with Crippen molar-refractivity contribution in [3.8, 4) is 11.5 Å². The van der Waals surface area contributed by atoms with E-state index in [1.165, 1.54) is 0 Å². The molecule has 8 heteroatoms. The summed E-state index contributed by atoms with van der Waals surface area (Å²) >= 11 is 0. The second-order valence-electron chi connectivity index (χ2n) is 11.9.